The summed E-state index contributed by atoms with van der Waals surface area (Å²) in [7, 11) is 0. The Morgan fingerprint density at radius 1 is 0.955 bits per heavy atom. The van der Waals surface area contributed by atoms with E-state index in [0.717, 1.165) is 53.1 Å². The summed E-state index contributed by atoms with van der Waals surface area (Å²) in [6.45, 7) is 6.77. The average Bonchev–Trinajstić information content (AvgIpc) is 3.62. The SMILES string of the molecule is CC(C)(C)OC(=O)NCCCCCCOc1ccc(C2=CN3C(=O)/C(=C/c4cccs4)N=C3C(Cc3ccccc3)=N2)cc1. The normalized spacial score (nSPS) is 15.4. The number of rotatable bonds is 12. The van der Waals surface area contributed by atoms with Crippen LogP contribution in [0.3, 0.4) is 0 Å². The monoisotopic (exact) mass is 610 g/mol. The second-order valence-electron chi connectivity index (χ2n) is 11.6. The average molecular weight is 611 g/mol. The van der Waals surface area contributed by atoms with Crippen molar-refractivity contribution in [3.63, 3.8) is 0 Å². The molecule has 3 heterocycles. The minimum atomic E-state index is -0.484. The van der Waals surface area contributed by atoms with Crippen molar-refractivity contribution in [3.05, 3.63) is 100 Å². The van der Waals surface area contributed by atoms with Crippen molar-refractivity contribution in [2.75, 3.05) is 13.2 Å². The van der Waals surface area contributed by atoms with Gasteiger partial charge in [-0.15, -0.1) is 11.3 Å². The van der Waals surface area contributed by atoms with E-state index in [4.69, 9.17) is 19.5 Å². The van der Waals surface area contributed by atoms with E-state index in [-0.39, 0.29) is 12.0 Å². The van der Waals surface area contributed by atoms with Gasteiger partial charge in [-0.2, -0.15) is 0 Å². The van der Waals surface area contributed by atoms with Crippen LogP contribution < -0.4 is 10.1 Å². The van der Waals surface area contributed by atoms with Crippen molar-refractivity contribution in [3.8, 4) is 5.75 Å². The molecule has 44 heavy (non-hydrogen) atoms. The minimum Gasteiger partial charge on any atom is -0.494 e. The van der Waals surface area contributed by atoms with Gasteiger partial charge in [0.25, 0.3) is 5.91 Å². The van der Waals surface area contributed by atoms with Crippen LogP contribution in [0.2, 0.25) is 0 Å². The summed E-state index contributed by atoms with van der Waals surface area (Å²) in [4.78, 5) is 37.4. The molecule has 2 aliphatic rings. The van der Waals surface area contributed by atoms with E-state index in [0.29, 0.717) is 36.8 Å². The van der Waals surface area contributed by atoms with Crippen LogP contribution in [0.4, 0.5) is 4.79 Å². The molecule has 0 atom stereocenters. The highest BCUT2D eigenvalue weighted by molar-refractivity contribution is 7.10. The third kappa shape index (κ3) is 8.54. The fraction of sp³-hybridized carbons (Fsp3) is 0.314. The van der Waals surface area contributed by atoms with Gasteiger partial charge in [0.15, 0.2) is 5.84 Å². The van der Waals surface area contributed by atoms with E-state index < -0.39 is 5.60 Å². The molecule has 0 radical (unpaired) electrons. The molecule has 0 saturated heterocycles. The molecule has 1 aromatic heterocycles. The van der Waals surface area contributed by atoms with Crippen LogP contribution in [0.1, 0.15) is 62.5 Å². The number of amidine groups is 1. The molecule has 0 aliphatic carbocycles. The van der Waals surface area contributed by atoms with E-state index in [1.807, 2.05) is 86.8 Å². The van der Waals surface area contributed by atoms with E-state index in [1.165, 1.54) is 0 Å². The number of thiophene rings is 1. The number of hydrogen-bond donors (Lipinski definition) is 1. The van der Waals surface area contributed by atoms with Crippen LogP contribution >= 0.6 is 11.3 Å². The predicted molar refractivity (Wildman–Crippen MR) is 177 cm³/mol. The predicted octanol–water partition coefficient (Wildman–Crippen LogP) is 7.49. The number of carbonyl (C=O) groups excluding carboxylic acids is 2. The van der Waals surface area contributed by atoms with E-state index in [1.54, 1.807) is 22.4 Å². The first-order chi connectivity index (χ1) is 21.2. The van der Waals surface area contributed by atoms with E-state index in [9.17, 15) is 9.59 Å². The van der Waals surface area contributed by atoms with Crippen molar-refractivity contribution in [2.24, 2.45) is 9.98 Å². The highest BCUT2D eigenvalue weighted by Gasteiger charge is 2.35. The number of aliphatic imine (C=N–C) groups is 2. The summed E-state index contributed by atoms with van der Waals surface area (Å²) < 4.78 is 11.2. The maximum Gasteiger partial charge on any atom is 0.407 e. The molecular weight excluding hydrogens is 572 g/mol. The Kier molecular flexibility index (Phi) is 10.1. The quantitative estimate of drug-likeness (QED) is 0.170. The van der Waals surface area contributed by atoms with Crippen LogP contribution in [0.5, 0.6) is 5.75 Å². The van der Waals surface area contributed by atoms with Gasteiger partial charge in [-0.1, -0.05) is 49.2 Å². The van der Waals surface area contributed by atoms with E-state index >= 15 is 0 Å². The Bertz CT molecular complexity index is 1570. The van der Waals surface area contributed by atoms with Crippen molar-refractivity contribution in [1.82, 2.24) is 10.2 Å². The Hall–Kier alpha value is -4.50. The third-order valence-corrected chi connectivity index (χ3v) is 7.67. The van der Waals surface area contributed by atoms with Gasteiger partial charge in [-0.3, -0.25) is 9.69 Å². The van der Waals surface area contributed by atoms with Crippen molar-refractivity contribution >= 4 is 46.7 Å². The number of amides is 2. The topological polar surface area (TPSA) is 92.6 Å². The van der Waals surface area contributed by atoms with Crippen LogP contribution in [0, 0.1) is 0 Å². The van der Waals surface area contributed by atoms with Gasteiger partial charge >= 0.3 is 6.09 Å². The fourth-order valence-corrected chi connectivity index (χ4v) is 5.40. The Morgan fingerprint density at radius 3 is 2.45 bits per heavy atom. The zero-order valence-corrected chi connectivity index (χ0v) is 26.2. The first kappa shape index (κ1) is 30.9. The van der Waals surface area contributed by atoms with Gasteiger partial charge in [0.05, 0.1) is 18.0 Å². The van der Waals surface area contributed by atoms with Crippen molar-refractivity contribution < 1.29 is 19.1 Å². The summed E-state index contributed by atoms with van der Waals surface area (Å²) in [5.74, 6) is 1.20. The molecule has 5 rings (SSSR count). The second-order valence-corrected chi connectivity index (χ2v) is 12.6. The number of unbranched alkanes of at least 4 members (excludes halogenated alkanes) is 3. The molecule has 0 unspecified atom stereocenters. The van der Waals surface area contributed by atoms with Crippen molar-refractivity contribution in [1.29, 1.82) is 0 Å². The number of hydrogen-bond acceptors (Lipinski definition) is 7. The van der Waals surface area contributed by atoms with Crippen LogP contribution in [-0.4, -0.2) is 47.2 Å². The van der Waals surface area contributed by atoms with E-state index in [2.05, 4.69) is 17.4 Å². The number of benzene rings is 2. The molecule has 2 amide bonds. The zero-order valence-electron chi connectivity index (χ0n) is 25.4. The van der Waals surface area contributed by atoms with Gasteiger partial charge in [0, 0.05) is 29.6 Å². The maximum absolute atomic E-state index is 13.4. The fourth-order valence-electron chi connectivity index (χ4n) is 4.75. The van der Waals surface area contributed by atoms with Gasteiger partial charge in [-0.05, 0) is 81.0 Å². The van der Waals surface area contributed by atoms with Gasteiger partial charge < -0.3 is 14.8 Å². The largest absolute Gasteiger partial charge is 0.494 e. The molecule has 0 bridgehead atoms. The summed E-state index contributed by atoms with van der Waals surface area (Å²) in [5.41, 5.74) is 3.36. The minimum absolute atomic E-state index is 0.160. The molecule has 9 heteroatoms. The highest BCUT2D eigenvalue weighted by Crippen LogP contribution is 2.30. The summed E-state index contributed by atoms with van der Waals surface area (Å²) in [6, 6.07) is 21.8. The number of carbonyl (C=O) groups is 2. The summed E-state index contributed by atoms with van der Waals surface area (Å²) in [6.07, 6.45) is 7.63. The van der Waals surface area contributed by atoms with Crippen LogP contribution in [0.15, 0.2) is 94.0 Å². The lowest BCUT2D eigenvalue weighted by Crippen LogP contribution is -2.36. The molecule has 3 aromatic rings. The molecule has 2 aliphatic heterocycles. The lowest BCUT2D eigenvalue weighted by Gasteiger charge is -2.22. The molecule has 228 valence electrons. The van der Waals surface area contributed by atoms with Gasteiger partial charge in [-0.25, -0.2) is 14.8 Å². The first-order valence-electron chi connectivity index (χ1n) is 15.0. The van der Waals surface area contributed by atoms with Crippen LogP contribution in [0.25, 0.3) is 11.8 Å². The Morgan fingerprint density at radius 2 is 1.73 bits per heavy atom. The molecule has 0 spiro atoms. The van der Waals surface area contributed by atoms with Gasteiger partial charge in [0.1, 0.15) is 17.0 Å². The molecular formula is C35H38N4O4S. The summed E-state index contributed by atoms with van der Waals surface area (Å²) in [5, 5.41) is 4.77. The molecule has 0 saturated carbocycles. The molecule has 8 nitrogen and oxygen atoms in total. The molecule has 2 aromatic carbocycles. The smallest absolute Gasteiger partial charge is 0.407 e. The Labute approximate surface area is 262 Å². The zero-order chi connectivity index (χ0) is 30.9. The molecule has 1 N–H and O–H groups in total. The second kappa shape index (κ2) is 14.3. The highest BCUT2D eigenvalue weighted by atomic mass is 32.1. The molecule has 0 fully saturated rings. The number of ether oxygens (including phenoxy) is 2. The number of nitrogens with one attached hydrogen (secondary N) is 1. The Balaban J connectivity index is 1.17. The lowest BCUT2D eigenvalue weighted by atomic mass is 10.0. The number of fused-ring (bicyclic) bond motifs is 1. The summed E-state index contributed by atoms with van der Waals surface area (Å²) >= 11 is 1.57. The van der Waals surface area contributed by atoms with Crippen molar-refractivity contribution in [2.45, 2.75) is 58.5 Å². The maximum atomic E-state index is 13.4. The number of nitrogens with zero attached hydrogens (tertiary/aromatic N) is 3. The standard InChI is InChI=1S/C35H38N4O4S/c1-35(2,3)43-34(41)36-19-9-4-5-10-20-42-27-17-15-26(16-18-27)31-24-39-32(29(37-31)22-25-12-7-6-8-13-25)38-30(33(39)40)23-28-14-11-21-44-28/h6-8,11-18,21,23-24H,4-5,9-10,19-20,22H2,1-3H3,(H,36,41)/b30-23-. The number of alkyl carbamates (subject to hydrolysis) is 1. The lowest BCUT2D eigenvalue weighted by molar-refractivity contribution is -0.120. The first-order valence-corrected chi connectivity index (χ1v) is 15.8. The third-order valence-electron chi connectivity index (χ3n) is 6.85. The van der Waals surface area contributed by atoms with Crippen LogP contribution in [-0.2, 0) is 16.0 Å². The van der Waals surface area contributed by atoms with Gasteiger partial charge in [0.2, 0.25) is 0 Å².